The van der Waals surface area contributed by atoms with E-state index in [-0.39, 0.29) is 0 Å². The van der Waals surface area contributed by atoms with Gasteiger partial charge in [0, 0.05) is 25.7 Å². The van der Waals surface area contributed by atoms with Crippen molar-refractivity contribution < 1.29 is 0 Å². The van der Waals surface area contributed by atoms with E-state index in [2.05, 4.69) is 33.7 Å². The van der Waals surface area contributed by atoms with Crippen LogP contribution in [-0.4, -0.2) is 47.6 Å². The summed E-state index contributed by atoms with van der Waals surface area (Å²) < 4.78 is 0. The molecule has 1 aliphatic rings. The molecule has 2 N–H and O–H groups in total. The minimum absolute atomic E-state index is 0.445. The predicted octanol–water partition coefficient (Wildman–Crippen LogP) is 0.199. The molecule has 0 amide bonds. The maximum absolute atomic E-state index is 5.87. The van der Waals surface area contributed by atoms with Crippen LogP contribution < -0.4 is 10.6 Å². The Labute approximate surface area is 89.9 Å². The van der Waals surface area contributed by atoms with Crippen LogP contribution in [0.5, 0.6) is 0 Å². The van der Waals surface area contributed by atoms with E-state index in [1.165, 1.54) is 0 Å². The van der Waals surface area contributed by atoms with E-state index < -0.39 is 0 Å². The van der Waals surface area contributed by atoms with E-state index in [0.717, 1.165) is 25.5 Å². The van der Waals surface area contributed by atoms with Crippen LogP contribution in [0, 0.1) is 0 Å². The molecule has 1 aromatic heterocycles. The molecule has 1 saturated heterocycles. The number of hydrogen-bond donors (Lipinski definition) is 1. The zero-order chi connectivity index (χ0) is 10.8. The topological polar surface area (TPSA) is 58.3 Å². The lowest BCUT2D eigenvalue weighted by Crippen LogP contribution is -2.51. The summed E-state index contributed by atoms with van der Waals surface area (Å²) in [7, 11) is 2.14. The summed E-state index contributed by atoms with van der Waals surface area (Å²) in [6.45, 7) is 5.26. The van der Waals surface area contributed by atoms with Gasteiger partial charge in [-0.05, 0) is 14.0 Å². The molecule has 1 aromatic rings. The maximum Gasteiger partial charge on any atom is 0.155 e. The van der Waals surface area contributed by atoms with Crippen molar-refractivity contribution in [3.05, 3.63) is 12.5 Å². The molecule has 0 radical (unpaired) electrons. The first kappa shape index (κ1) is 10.2. The second-order valence-corrected chi connectivity index (χ2v) is 4.11. The first-order valence-electron chi connectivity index (χ1n) is 5.19. The number of hydrogen-bond acceptors (Lipinski definition) is 5. The van der Waals surface area contributed by atoms with E-state index in [0.29, 0.717) is 11.7 Å². The van der Waals surface area contributed by atoms with Gasteiger partial charge in [-0.25, -0.2) is 9.97 Å². The Balaban J connectivity index is 2.20. The molecule has 1 fully saturated rings. The third kappa shape index (κ3) is 2.02. The Morgan fingerprint density at radius 3 is 2.93 bits per heavy atom. The number of aromatic nitrogens is 2. The molecule has 2 rings (SSSR count). The number of nitrogens with zero attached hydrogens (tertiary/aromatic N) is 4. The lowest BCUT2D eigenvalue weighted by Gasteiger charge is -2.39. The third-order valence-corrected chi connectivity index (χ3v) is 2.82. The molecule has 5 nitrogen and oxygen atoms in total. The first-order chi connectivity index (χ1) is 7.18. The molecule has 2 heterocycles. The van der Waals surface area contributed by atoms with Gasteiger partial charge in [-0.1, -0.05) is 0 Å². The standard InChI is InChI=1S/C10H17N5/c1-8-6-14(2)3-4-15(8)10-9(11)5-12-7-13-10/h5,7-8H,3-4,6,11H2,1-2H3. The van der Waals surface area contributed by atoms with Gasteiger partial charge in [0.2, 0.25) is 0 Å². The fourth-order valence-corrected chi connectivity index (χ4v) is 2.03. The van der Waals surface area contributed by atoms with Gasteiger partial charge in [0.25, 0.3) is 0 Å². The van der Waals surface area contributed by atoms with Crippen molar-refractivity contribution in [2.24, 2.45) is 0 Å². The Morgan fingerprint density at radius 1 is 1.47 bits per heavy atom. The van der Waals surface area contributed by atoms with Crippen molar-refractivity contribution in [3.63, 3.8) is 0 Å². The van der Waals surface area contributed by atoms with Crippen LogP contribution in [0.2, 0.25) is 0 Å². The van der Waals surface area contributed by atoms with Crippen molar-refractivity contribution >= 4 is 11.5 Å². The monoisotopic (exact) mass is 207 g/mol. The van der Waals surface area contributed by atoms with Crippen LogP contribution in [0.1, 0.15) is 6.92 Å². The lowest BCUT2D eigenvalue weighted by atomic mass is 10.2. The second kappa shape index (κ2) is 4.02. The molecule has 5 heteroatoms. The first-order valence-corrected chi connectivity index (χ1v) is 5.19. The highest BCUT2D eigenvalue weighted by atomic mass is 15.3. The van der Waals surface area contributed by atoms with E-state index in [1.54, 1.807) is 12.5 Å². The van der Waals surface area contributed by atoms with E-state index in [9.17, 15) is 0 Å². The maximum atomic E-state index is 5.87. The lowest BCUT2D eigenvalue weighted by molar-refractivity contribution is 0.275. The normalized spacial score (nSPS) is 23.1. The van der Waals surface area contributed by atoms with Gasteiger partial charge in [0.05, 0.1) is 11.9 Å². The summed E-state index contributed by atoms with van der Waals surface area (Å²) in [6.07, 6.45) is 3.21. The number of anilines is 2. The van der Waals surface area contributed by atoms with Gasteiger partial charge < -0.3 is 15.5 Å². The summed E-state index contributed by atoms with van der Waals surface area (Å²) in [5, 5.41) is 0. The van der Waals surface area contributed by atoms with Crippen molar-refractivity contribution in [3.8, 4) is 0 Å². The van der Waals surface area contributed by atoms with Crippen LogP contribution >= 0.6 is 0 Å². The van der Waals surface area contributed by atoms with Gasteiger partial charge in [-0.15, -0.1) is 0 Å². The van der Waals surface area contributed by atoms with Crippen molar-refractivity contribution in [2.45, 2.75) is 13.0 Å². The van der Waals surface area contributed by atoms with Crippen molar-refractivity contribution in [1.82, 2.24) is 14.9 Å². The molecule has 1 atom stereocenters. The van der Waals surface area contributed by atoms with Gasteiger partial charge in [-0.3, -0.25) is 0 Å². The smallest absolute Gasteiger partial charge is 0.155 e. The molecule has 0 spiro atoms. The van der Waals surface area contributed by atoms with Gasteiger partial charge >= 0.3 is 0 Å². The average Bonchev–Trinajstić information content (AvgIpc) is 2.20. The molecule has 0 saturated carbocycles. The molecule has 0 bridgehead atoms. The Hall–Kier alpha value is -1.36. The average molecular weight is 207 g/mol. The van der Waals surface area contributed by atoms with E-state index >= 15 is 0 Å². The van der Waals surface area contributed by atoms with Crippen LogP contribution in [0.3, 0.4) is 0 Å². The van der Waals surface area contributed by atoms with Gasteiger partial charge in [-0.2, -0.15) is 0 Å². The molecular formula is C10H17N5. The molecular weight excluding hydrogens is 190 g/mol. The highest BCUT2D eigenvalue weighted by Gasteiger charge is 2.23. The molecule has 1 aliphatic heterocycles. The van der Waals surface area contributed by atoms with Crippen LogP contribution in [-0.2, 0) is 0 Å². The Kier molecular flexibility index (Phi) is 2.73. The summed E-state index contributed by atoms with van der Waals surface area (Å²) >= 11 is 0. The Morgan fingerprint density at radius 2 is 2.27 bits per heavy atom. The third-order valence-electron chi connectivity index (χ3n) is 2.82. The number of likely N-dealkylation sites (N-methyl/N-ethyl adjacent to an activating group) is 1. The number of nitrogens with two attached hydrogens (primary N) is 1. The molecule has 0 aliphatic carbocycles. The van der Waals surface area contributed by atoms with Crippen LogP contribution in [0.4, 0.5) is 11.5 Å². The Bertz CT molecular complexity index is 340. The summed E-state index contributed by atoms with van der Waals surface area (Å²) in [5.41, 5.74) is 6.53. The summed E-state index contributed by atoms with van der Waals surface area (Å²) in [5.74, 6) is 0.866. The van der Waals surface area contributed by atoms with Gasteiger partial charge in [0.1, 0.15) is 6.33 Å². The SMILES string of the molecule is CC1CN(C)CCN1c1ncncc1N. The van der Waals surface area contributed by atoms with Crippen LogP contribution in [0.25, 0.3) is 0 Å². The van der Waals surface area contributed by atoms with Crippen LogP contribution in [0.15, 0.2) is 12.5 Å². The minimum Gasteiger partial charge on any atom is -0.394 e. The number of piperazine rings is 1. The van der Waals surface area contributed by atoms with E-state index in [1.807, 2.05) is 0 Å². The fraction of sp³-hybridized carbons (Fsp3) is 0.600. The van der Waals surface area contributed by atoms with Crippen molar-refractivity contribution in [1.29, 1.82) is 0 Å². The molecule has 15 heavy (non-hydrogen) atoms. The molecule has 0 aromatic carbocycles. The zero-order valence-corrected chi connectivity index (χ0v) is 9.22. The van der Waals surface area contributed by atoms with Crippen molar-refractivity contribution in [2.75, 3.05) is 37.3 Å². The zero-order valence-electron chi connectivity index (χ0n) is 9.22. The number of nitrogen functional groups attached to an aromatic ring is 1. The fourth-order valence-electron chi connectivity index (χ4n) is 2.03. The highest BCUT2D eigenvalue weighted by Crippen LogP contribution is 2.22. The minimum atomic E-state index is 0.445. The second-order valence-electron chi connectivity index (χ2n) is 4.11. The quantitative estimate of drug-likeness (QED) is 0.713. The largest absolute Gasteiger partial charge is 0.394 e. The van der Waals surface area contributed by atoms with E-state index in [4.69, 9.17) is 5.73 Å². The molecule has 82 valence electrons. The van der Waals surface area contributed by atoms with Gasteiger partial charge in [0.15, 0.2) is 5.82 Å². The highest BCUT2D eigenvalue weighted by molar-refractivity contribution is 5.61. The number of rotatable bonds is 1. The molecule has 1 unspecified atom stereocenters. The summed E-state index contributed by atoms with van der Waals surface area (Å²) in [4.78, 5) is 12.7. The summed E-state index contributed by atoms with van der Waals surface area (Å²) in [6, 6.07) is 0.445. The predicted molar refractivity (Wildman–Crippen MR) is 60.7 cm³/mol.